The highest BCUT2D eigenvalue weighted by molar-refractivity contribution is 6.29. The van der Waals surface area contributed by atoms with Crippen molar-refractivity contribution in [2.24, 2.45) is 0 Å². The largest absolute Gasteiger partial charge is 0.498 e. The minimum absolute atomic E-state index is 0.231. The molecule has 1 saturated heterocycles. The molecule has 0 saturated carbocycles. The van der Waals surface area contributed by atoms with Crippen LogP contribution in [0.25, 0.3) is 0 Å². The summed E-state index contributed by atoms with van der Waals surface area (Å²) in [5.74, 6) is -0.125. The highest BCUT2D eigenvalue weighted by Gasteiger charge is 2.42. The standard InChI is InChI=1S/C30H39ClN2O5.C2H6.CH4O/c1-4-32(21-23-11-7-6-8-13-25(31)20-27(19-23)37-5-2)18-17-30(3)22-33(29(36)38-30)26-14-10-9-12-24(15-16-26)28(34)35;2*1-2/h6,8,11-16,19H,4-5,7,9-10,17-18,20-22H2,1-3H3,(H,34,35);1-2H3;2H,1H3/b8-6-,16-15?,23-11+,24-12?,25-13+,26-14+,27-19+;;. The average Bonchev–Trinajstić information content (AvgIpc) is 3.26. The predicted molar refractivity (Wildman–Crippen MR) is 170 cm³/mol. The summed E-state index contributed by atoms with van der Waals surface area (Å²) in [6, 6.07) is 0. The van der Waals surface area contributed by atoms with Crippen LogP contribution in [-0.4, -0.2) is 77.6 Å². The van der Waals surface area contributed by atoms with Crippen molar-refractivity contribution in [2.75, 3.05) is 39.9 Å². The number of ether oxygens (including phenoxy) is 2. The lowest BCUT2D eigenvalue weighted by Gasteiger charge is -2.27. The lowest BCUT2D eigenvalue weighted by molar-refractivity contribution is -0.132. The van der Waals surface area contributed by atoms with Crippen LogP contribution in [0.2, 0.25) is 0 Å². The number of aliphatic hydroxyl groups is 1. The van der Waals surface area contributed by atoms with Crippen molar-refractivity contribution in [1.82, 2.24) is 9.80 Å². The number of likely N-dealkylation sites (N-methyl/N-ethyl adjacent to an activating group) is 1. The van der Waals surface area contributed by atoms with Gasteiger partial charge in [-0.25, -0.2) is 9.59 Å². The summed E-state index contributed by atoms with van der Waals surface area (Å²) in [6.07, 6.45) is 20.0. The van der Waals surface area contributed by atoms with Gasteiger partial charge in [0, 0.05) is 43.8 Å². The molecule has 0 aromatic heterocycles. The number of hydrogen-bond donors (Lipinski definition) is 2. The topological polar surface area (TPSA) is 99.5 Å². The summed E-state index contributed by atoms with van der Waals surface area (Å²) in [4.78, 5) is 28.2. The number of amides is 1. The number of aliphatic hydroxyl groups excluding tert-OH is 1. The van der Waals surface area contributed by atoms with Crippen molar-refractivity contribution in [3.05, 3.63) is 82.3 Å². The number of rotatable bonds is 10. The fraction of sp³-hybridized carbons (Fsp3) is 0.515. The monoisotopic (exact) mass is 604 g/mol. The van der Waals surface area contributed by atoms with Gasteiger partial charge < -0.3 is 19.7 Å². The van der Waals surface area contributed by atoms with Gasteiger partial charge in [-0.05, 0) is 69.5 Å². The number of cyclic esters (lactones) is 1. The molecule has 0 spiro atoms. The van der Waals surface area contributed by atoms with Gasteiger partial charge in [-0.2, -0.15) is 0 Å². The van der Waals surface area contributed by atoms with Gasteiger partial charge in [-0.15, -0.1) is 0 Å². The van der Waals surface area contributed by atoms with Crippen molar-refractivity contribution in [3.63, 3.8) is 0 Å². The van der Waals surface area contributed by atoms with Crippen LogP contribution in [0, 0.1) is 0 Å². The number of allylic oxidation sites excluding steroid dienone is 8. The van der Waals surface area contributed by atoms with Crippen LogP contribution in [0.5, 0.6) is 0 Å². The van der Waals surface area contributed by atoms with E-state index < -0.39 is 17.7 Å². The number of carbonyl (C=O) groups excluding carboxylic acids is 1. The SMILES string of the molecule is CC.CCO/C1=C/C(CN(CC)CCC2(C)CN(/C3=C/CCC=C(C(=O)O)C=C3)C(=O)O2)=C\C/C=C\C=C(\Cl)C1.CO. The molecule has 1 heterocycles. The first-order chi connectivity index (χ1) is 20.2. The Balaban J connectivity index is 0.00000211. The Hall–Kier alpha value is -3.07. The minimum atomic E-state index is -0.972. The molecule has 42 heavy (non-hydrogen) atoms. The number of carboxylic acids is 1. The summed E-state index contributed by atoms with van der Waals surface area (Å²) in [7, 11) is 1.00. The van der Waals surface area contributed by atoms with E-state index in [2.05, 4.69) is 30.1 Å². The second-order valence-corrected chi connectivity index (χ2v) is 10.3. The van der Waals surface area contributed by atoms with E-state index in [1.165, 1.54) is 0 Å². The molecule has 1 amide bonds. The molecule has 0 radical (unpaired) electrons. The van der Waals surface area contributed by atoms with Crippen LogP contribution in [-0.2, 0) is 14.3 Å². The van der Waals surface area contributed by atoms with Gasteiger partial charge in [0.05, 0.1) is 18.7 Å². The Morgan fingerprint density at radius 1 is 1.17 bits per heavy atom. The van der Waals surface area contributed by atoms with E-state index in [1.54, 1.807) is 23.1 Å². The molecule has 2 N–H and O–H groups in total. The normalized spacial score (nSPS) is 26.4. The number of halogens is 1. The fourth-order valence-electron chi connectivity index (χ4n) is 4.57. The number of nitrogens with zero attached hydrogens (tertiary/aromatic N) is 2. The third kappa shape index (κ3) is 12.4. The fourth-order valence-corrected chi connectivity index (χ4v) is 4.77. The van der Waals surface area contributed by atoms with Gasteiger partial charge in [-0.3, -0.25) is 9.80 Å². The molecule has 1 unspecified atom stereocenters. The summed E-state index contributed by atoms with van der Waals surface area (Å²) in [5, 5.41) is 17.1. The van der Waals surface area contributed by atoms with Crippen LogP contribution in [0.15, 0.2) is 82.3 Å². The van der Waals surface area contributed by atoms with E-state index in [4.69, 9.17) is 26.2 Å². The maximum Gasteiger partial charge on any atom is 0.415 e. The van der Waals surface area contributed by atoms with E-state index in [9.17, 15) is 14.7 Å². The van der Waals surface area contributed by atoms with Gasteiger partial charge in [0.2, 0.25) is 0 Å². The number of carboxylic acid groups (broad SMARTS) is 1. The highest BCUT2D eigenvalue weighted by Crippen LogP contribution is 2.30. The lowest BCUT2D eigenvalue weighted by atomic mass is 10.0. The molecule has 2 aliphatic carbocycles. The zero-order chi connectivity index (χ0) is 31.5. The quantitative estimate of drug-likeness (QED) is 0.274. The second kappa shape index (κ2) is 19.9. The summed E-state index contributed by atoms with van der Waals surface area (Å²) >= 11 is 6.36. The zero-order valence-corrected chi connectivity index (χ0v) is 26.8. The van der Waals surface area contributed by atoms with E-state index in [1.807, 2.05) is 45.9 Å². The first-order valence-electron chi connectivity index (χ1n) is 14.8. The van der Waals surface area contributed by atoms with Gasteiger partial charge >= 0.3 is 12.1 Å². The van der Waals surface area contributed by atoms with Crippen LogP contribution < -0.4 is 0 Å². The summed E-state index contributed by atoms with van der Waals surface area (Å²) < 4.78 is 11.7. The lowest BCUT2D eigenvalue weighted by Crippen LogP contribution is -2.37. The Labute approximate surface area is 257 Å². The van der Waals surface area contributed by atoms with Crippen LogP contribution in [0.3, 0.4) is 0 Å². The molecule has 0 aromatic carbocycles. The van der Waals surface area contributed by atoms with Gasteiger partial charge in [-0.1, -0.05) is 62.8 Å². The molecular formula is C33H49ClN2O6. The van der Waals surface area contributed by atoms with Crippen LogP contribution in [0.4, 0.5) is 4.79 Å². The average molecular weight is 605 g/mol. The molecule has 0 aromatic rings. The number of carbonyl (C=O) groups is 2. The van der Waals surface area contributed by atoms with Crippen molar-refractivity contribution in [3.8, 4) is 0 Å². The second-order valence-electron chi connectivity index (χ2n) is 9.80. The molecule has 3 aliphatic rings. The Bertz CT molecular complexity index is 1100. The molecule has 1 fully saturated rings. The van der Waals surface area contributed by atoms with Crippen molar-refractivity contribution >= 4 is 23.7 Å². The zero-order valence-electron chi connectivity index (χ0n) is 26.1. The molecule has 3 rings (SSSR count). The first-order valence-corrected chi connectivity index (χ1v) is 15.1. The van der Waals surface area contributed by atoms with Gasteiger partial charge in [0.15, 0.2) is 0 Å². The van der Waals surface area contributed by atoms with E-state index in [0.717, 1.165) is 49.5 Å². The van der Waals surface area contributed by atoms with Crippen LogP contribution >= 0.6 is 11.6 Å². The van der Waals surface area contributed by atoms with Gasteiger partial charge in [0.25, 0.3) is 0 Å². The number of aliphatic carboxylic acids is 1. The third-order valence-electron chi connectivity index (χ3n) is 6.68. The third-order valence-corrected chi connectivity index (χ3v) is 6.94. The molecule has 0 bridgehead atoms. The molecule has 234 valence electrons. The molecule has 1 aliphatic heterocycles. The Morgan fingerprint density at radius 3 is 2.55 bits per heavy atom. The number of hydrogen-bond acceptors (Lipinski definition) is 6. The van der Waals surface area contributed by atoms with E-state index >= 15 is 0 Å². The van der Waals surface area contributed by atoms with Crippen molar-refractivity contribution < 1.29 is 29.3 Å². The van der Waals surface area contributed by atoms with E-state index in [0.29, 0.717) is 44.5 Å². The Morgan fingerprint density at radius 2 is 1.88 bits per heavy atom. The van der Waals surface area contributed by atoms with Crippen molar-refractivity contribution in [2.45, 2.75) is 72.3 Å². The maximum absolute atomic E-state index is 12.8. The first kappa shape index (κ1) is 37.0. The van der Waals surface area contributed by atoms with Crippen molar-refractivity contribution in [1.29, 1.82) is 0 Å². The minimum Gasteiger partial charge on any atom is -0.498 e. The molecule has 8 nitrogen and oxygen atoms in total. The van der Waals surface area contributed by atoms with E-state index in [-0.39, 0.29) is 5.57 Å². The summed E-state index contributed by atoms with van der Waals surface area (Å²) in [5.41, 5.74) is 1.42. The van der Waals surface area contributed by atoms with Gasteiger partial charge in [0.1, 0.15) is 11.4 Å². The smallest absolute Gasteiger partial charge is 0.415 e. The molecule has 1 atom stereocenters. The predicted octanol–water partition coefficient (Wildman–Crippen LogP) is 7.11. The Kier molecular flexibility index (Phi) is 17.5. The molecular weight excluding hydrogens is 556 g/mol. The van der Waals surface area contributed by atoms with Crippen LogP contribution in [0.1, 0.15) is 66.7 Å². The maximum atomic E-state index is 12.8. The highest BCUT2D eigenvalue weighted by atomic mass is 35.5. The molecule has 9 heteroatoms. The summed E-state index contributed by atoms with van der Waals surface area (Å²) in [6.45, 7) is 13.4.